The molecule has 0 N–H and O–H groups in total. The lowest BCUT2D eigenvalue weighted by Gasteiger charge is -2.31. The van der Waals surface area contributed by atoms with Crippen LogP contribution < -0.4 is 0 Å². The molecule has 1 aromatic heterocycles. The highest BCUT2D eigenvalue weighted by Crippen LogP contribution is 2.20. The lowest BCUT2D eigenvalue weighted by molar-refractivity contribution is 0.0722. The Morgan fingerprint density at radius 3 is 2.38 bits per heavy atom. The lowest BCUT2D eigenvalue weighted by atomic mass is 10.1. The minimum atomic E-state index is -2.93. The lowest BCUT2D eigenvalue weighted by Crippen LogP contribution is -2.42. The van der Waals surface area contributed by atoms with Gasteiger partial charge >= 0.3 is 0 Å². The maximum absolute atomic E-state index is 12.6. The minimum Gasteiger partial charge on any atom is -0.339 e. The molecule has 1 aliphatic heterocycles. The van der Waals surface area contributed by atoms with Gasteiger partial charge in [0.05, 0.1) is 18.6 Å². The Balaban J connectivity index is 1.70. The first kappa shape index (κ1) is 16.6. The molecule has 3 rings (SSSR count). The Labute approximate surface area is 140 Å². The first-order valence-electron chi connectivity index (χ1n) is 7.68. The number of hydrogen-bond acceptors (Lipinski definition) is 6. The van der Waals surface area contributed by atoms with Crippen LogP contribution in [0.15, 0.2) is 24.3 Å². The largest absolute Gasteiger partial charge is 0.339 e. The molecule has 1 aliphatic rings. The van der Waals surface area contributed by atoms with Gasteiger partial charge in [-0.1, -0.05) is 12.1 Å². The molecule has 1 fully saturated rings. The van der Waals surface area contributed by atoms with Crippen molar-refractivity contribution in [2.24, 2.45) is 7.05 Å². The van der Waals surface area contributed by atoms with Crippen LogP contribution >= 0.6 is 0 Å². The van der Waals surface area contributed by atoms with Gasteiger partial charge in [0.1, 0.15) is 9.84 Å². The van der Waals surface area contributed by atoms with Crippen molar-refractivity contribution in [3.05, 3.63) is 29.8 Å². The number of tetrazole rings is 1. The van der Waals surface area contributed by atoms with Crippen LogP contribution in [0.25, 0.3) is 11.4 Å². The quantitative estimate of drug-likeness (QED) is 0.801. The first-order valence-corrected chi connectivity index (χ1v) is 9.50. The number of aryl methyl sites for hydroxylation is 1. The van der Waals surface area contributed by atoms with Crippen molar-refractivity contribution in [2.45, 2.75) is 18.9 Å². The Kier molecular flexibility index (Phi) is 4.35. The maximum Gasteiger partial charge on any atom is 0.253 e. The molecule has 0 saturated carbocycles. The molecule has 0 aliphatic carbocycles. The van der Waals surface area contributed by atoms with Gasteiger partial charge in [0.15, 0.2) is 0 Å². The fourth-order valence-corrected chi connectivity index (χ4v) is 4.26. The van der Waals surface area contributed by atoms with Crippen LogP contribution in [0.1, 0.15) is 23.2 Å². The Hall–Kier alpha value is -2.29. The SMILES string of the molecule is CN(C(=O)c1ccc(-c2nnn(C)n2)cc1)C1CCS(=O)(=O)CC1. The molecule has 9 heteroatoms. The number of rotatable bonds is 3. The van der Waals surface area contributed by atoms with E-state index < -0.39 is 9.84 Å². The van der Waals surface area contributed by atoms with Crippen molar-refractivity contribution in [3.8, 4) is 11.4 Å². The molecule has 1 amide bonds. The molecule has 1 aromatic carbocycles. The summed E-state index contributed by atoms with van der Waals surface area (Å²) in [7, 11) is 0.480. The Morgan fingerprint density at radius 2 is 1.83 bits per heavy atom. The summed E-state index contributed by atoms with van der Waals surface area (Å²) >= 11 is 0. The molecule has 2 aromatic rings. The average molecular weight is 349 g/mol. The standard InChI is InChI=1S/C15H19N5O3S/c1-19(13-7-9-24(22,23)10-8-13)15(21)12-5-3-11(4-6-12)14-16-18-20(2)17-14/h3-6,13H,7-10H2,1-2H3. The molecule has 0 spiro atoms. The molecule has 0 atom stereocenters. The maximum atomic E-state index is 12.6. The number of sulfone groups is 1. The van der Waals surface area contributed by atoms with E-state index in [2.05, 4.69) is 15.4 Å². The predicted molar refractivity (Wildman–Crippen MR) is 88.0 cm³/mol. The van der Waals surface area contributed by atoms with Gasteiger partial charge in [-0.15, -0.1) is 10.2 Å². The van der Waals surface area contributed by atoms with Crippen molar-refractivity contribution >= 4 is 15.7 Å². The number of hydrogen-bond donors (Lipinski definition) is 0. The Morgan fingerprint density at radius 1 is 1.21 bits per heavy atom. The van der Waals surface area contributed by atoms with Crippen LogP contribution in [0.4, 0.5) is 0 Å². The van der Waals surface area contributed by atoms with E-state index in [1.54, 1.807) is 43.3 Å². The number of aromatic nitrogens is 4. The van der Waals surface area contributed by atoms with Crippen LogP contribution in [0, 0.1) is 0 Å². The predicted octanol–water partition coefficient (Wildman–Crippen LogP) is 0.526. The molecule has 24 heavy (non-hydrogen) atoms. The third kappa shape index (κ3) is 3.45. The average Bonchev–Trinajstić information content (AvgIpc) is 3.00. The Bertz CT molecular complexity index is 830. The number of amides is 1. The number of carbonyl (C=O) groups excluding carboxylic acids is 1. The molecule has 8 nitrogen and oxygen atoms in total. The van der Waals surface area contributed by atoms with Crippen molar-refractivity contribution in [1.82, 2.24) is 25.1 Å². The highest BCUT2D eigenvalue weighted by Gasteiger charge is 2.28. The van der Waals surface area contributed by atoms with E-state index in [-0.39, 0.29) is 23.5 Å². The number of carbonyl (C=O) groups is 1. The zero-order valence-corrected chi connectivity index (χ0v) is 14.4. The third-order valence-electron chi connectivity index (χ3n) is 4.29. The molecule has 128 valence electrons. The molecule has 0 radical (unpaired) electrons. The molecule has 1 saturated heterocycles. The van der Waals surface area contributed by atoms with Crippen molar-refractivity contribution in [3.63, 3.8) is 0 Å². The van der Waals surface area contributed by atoms with E-state index in [1.165, 1.54) is 4.80 Å². The summed E-state index contributed by atoms with van der Waals surface area (Å²) in [6.45, 7) is 0. The van der Waals surface area contributed by atoms with Crippen LogP contribution in [0.3, 0.4) is 0 Å². The van der Waals surface area contributed by atoms with E-state index in [0.717, 1.165) is 5.56 Å². The van der Waals surface area contributed by atoms with Gasteiger partial charge in [0, 0.05) is 24.2 Å². The summed E-state index contributed by atoms with van der Waals surface area (Å²) in [6.07, 6.45) is 0.984. The molecule has 2 heterocycles. The van der Waals surface area contributed by atoms with E-state index in [1.807, 2.05) is 0 Å². The monoisotopic (exact) mass is 349 g/mol. The van der Waals surface area contributed by atoms with Gasteiger partial charge in [0.25, 0.3) is 5.91 Å². The molecular formula is C15H19N5O3S. The van der Waals surface area contributed by atoms with Gasteiger partial charge in [-0.3, -0.25) is 4.79 Å². The smallest absolute Gasteiger partial charge is 0.253 e. The molecular weight excluding hydrogens is 330 g/mol. The summed E-state index contributed by atoms with van der Waals surface area (Å²) in [5, 5.41) is 11.8. The van der Waals surface area contributed by atoms with Gasteiger partial charge in [0.2, 0.25) is 5.82 Å². The third-order valence-corrected chi connectivity index (χ3v) is 6.01. The van der Waals surface area contributed by atoms with Crippen molar-refractivity contribution in [2.75, 3.05) is 18.6 Å². The van der Waals surface area contributed by atoms with E-state index in [9.17, 15) is 13.2 Å². The first-order chi connectivity index (χ1) is 11.4. The van der Waals surface area contributed by atoms with Crippen LogP contribution in [0.5, 0.6) is 0 Å². The van der Waals surface area contributed by atoms with Gasteiger partial charge in [-0.25, -0.2) is 8.42 Å². The van der Waals surface area contributed by atoms with E-state index in [0.29, 0.717) is 24.2 Å². The highest BCUT2D eigenvalue weighted by atomic mass is 32.2. The summed E-state index contributed by atoms with van der Waals surface area (Å²) in [4.78, 5) is 15.6. The van der Waals surface area contributed by atoms with Gasteiger partial charge in [-0.2, -0.15) is 4.80 Å². The molecule has 0 bridgehead atoms. The second kappa shape index (κ2) is 6.31. The second-order valence-corrected chi connectivity index (χ2v) is 8.28. The summed E-state index contributed by atoms with van der Waals surface area (Å²) in [5.74, 6) is 0.680. The van der Waals surface area contributed by atoms with Crippen molar-refractivity contribution in [1.29, 1.82) is 0 Å². The summed E-state index contributed by atoms with van der Waals surface area (Å²) in [6, 6.07) is 6.98. The zero-order chi connectivity index (χ0) is 17.3. The zero-order valence-electron chi connectivity index (χ0n) is 13.6. The minimum absolute atomic E-state index is 0.0395. The number of nitrogens with zero attached hydrogens (tertiary/aromatic N) is 5. The molecule has 0 unspecified atom stereocenters. The van der Waals surface area contributed by atoms with E-state index in [4.69, 9.17) is 0 Å². The summed E-state index contributed by atoms with van der Waals surface area (Å²) < 4.78 is 23.0. The van der Waals surface area contributed by atoms with Crippen molar-refractivity contribution < 1.29 is 13.2 Å². The van der Waals surface area contributed by atoms with Crippen LogP contribution in [-0.2, 0) is 16.9 Å². The fourth-order valence-electron chi connectivity index (χ4n) is 2.80. The van der Waals surface area contributed by atoms with Gasteiger partial charge in [-0.05, 0) is 30.2 Å². The summed E-state index contributed by atoms with van der Waals surface area (Å²) in [5.41, 5.74) is 1.34. The van der Waals surface area contributed by atoms with E-state index >= 15 is 0 Å². The normalized spacial score (nSPS) is 17.6. The van der Waals surface area contributed by atoms with Crippen LogP contribution in [-0.4, -0.2) is 64.0 Å². The highest BCUT2D eigenvalue weighted by molar-refractivity contribution is 7.91. The second-order valence-electron chi connectivity index (χ2n) is 5.98. The number of benzene rings is 1. The van der Waals surface area contributed by atoms with Gasteiger partial charge < -0.3 is 4.90 Å². The topological polar surface area (TPSA) is 98.1 Å². The van der Waals surface area contributed by atoms with Crippen LogP contribution in [0.2, 0.25) is 0 Å². The fraction of sp³-hybridized carbons (Fsp3) is 0.467.